The maximum atomic E-state index is 11.6. The minimum absolute atomic E-state index is 0.124. The monoisotopic (exact) mass is 272 g/mol. The van der Waals surface area contributed by atoms with Gasteiger partial charge < -0.3 is 24.7 Å². The number of aliphatic carboxylic acids is 1. The van der Waals surface area contributed by atoms with Crippen LogP contribution in [-0.4, -0.2) is 39.0 Å². The van der Waals surface area contributed by atoms with Gasteiger partial charge in [-0.15, -0.1) is 0 Å². The lowest BCUT2D eigenvalue weighted by Crippen LogP contribution is -2.42. The molecule has 0 saturated carbocycles. The van der Waals surface area contributed by atoms with E-state index in [4.69, 9.17) is 14.3 Å². The van der Waals surface area contributed by atoms with Crippen LogP contribution in [0.5, 0.6) is 0 Å². The predicted octanol–water partition coefficient (Wildman–Crippen LogP) is 0.686. The molecule has 0 radical (unpaired) electrons. The number of ether oxygens (including phenoxy) is 1. The molecule has 0 aliphatic rings. The molecule has 1 aromatic heterocycles. The molecule has 19 heavy (non-hydrogen) atoms. The Morgan fingerprint density at radius 3 is 2.53 bits per heavy atom. The number of rotatable bonds is 4. The molecule has 8 nitrogen and oxygen atoms in total. The van der Waals surface area contributed by atoms with Crippen LogP contribution in [0.3, 0.4) is 0 Å². The maximum absolute atomic E-state index is 11.6. The van der Waals surface area contributed by atoms with E-state index in [0.29, 0.717) is 0 Å². The smallest absolute Gasteiger partial charge is 0.408 e. The number of hydrogen-bond acceptors (Lipinski definition) is 6. The molecule has 1 heterocycles. The SMILES string of the molecule is CC(C)(C)OC(=O)N[C@@H](c1ncco1)[C@@H](O)C(=O)O. The van der Waals surface area contributed by atoms with Gasteiger partial charge in [0.25, 0.3) is 0 Å². The van der Waals surface area contributed by atoms with Crippen molar-refractivity contribution < 1.29 is 29.0 Å². The zero-order valence-electron chi connectivity index (χ0n) is 10.8. The summed E-state index contributed by atoms with van der Waals surface area (Å²) in [6, 6.07) is -1.33. The summed E-state index contributed by atoms with van der Waals surface area (Å²) in [4.78, 5) is 26.1. The normalized spacial score (nSPS) is 14.5. The number of carbonyl (C=O) groups excluding carboxylic acids is 1. The van der Waals surface area contributed by atoms with E-state index in [-0.39, 0.29) is 5.89 Å². The molecule has 1 rings (SSSR count). The summed E-state index contributed by atoms with van der Waals surface area (Å²) in [5.41, 5.74) is -0.751. The number of aliphatic hydroxyl groups excluding tert-OH is 1. The number of amides is 1. The molecule has 0 saturated heterocycles. The molecular weight excluding hydrogens is 256 g/mol. The molecule has 1 aromatic rings. The molecule has 106 valence electrons. The standard InChI is InChI=1S/C11H16N2O6/c1-11(2,3)19-10(17)13-6(7(14)9(15)16)8-12-4-5-18-8/h4-7,14H,1-3H3,(H,13,17)(H,15,16)/t6-,7-/m1/s1. The summed E-state index contributed by atoms with van der Waals surface area (Å²) in [7, 11) is 0. The Morgan fingerprint density at radius 2 is 2.11 bits per heavy atom. The van der Waals surface area contributed by atoms with Gasteiger partial charge in [0.2, 0.25) is 5.89 Å². The Hall–Kier alpha value is -2.09. The van der Waals surface area contributed by atoms with Gasteiger partial charge in [-0.3, -0.25) is 0 Å². The number of hydrogen-bond donors (Lipinski definition) is 3. The lowest BCUT2D eigenvalue weighted by atomic mass is 10.1. The molecule has 0 aliphatic heterocycles. The highest BCUT2D eigenvalue weighted by atomic mass is 16.6. The average molecular weight is 272 g/mol. The molecule has 0 spiro atoms. The van der Waals surface area contributed by atoms with E-state index in [1.54, 1.807) is 20.8 Å². The van der Waals surface area contributed by atoms with E-state index >= 15 is 0 Å². The largest absolute Gasteiger partial charge is 0.479 e. The predicted molar refractivity (Wildman–Crippen MR) is 62.3 cm³/mol. The van der Waals surface area contributed by atoms with Crippen molar-refractivity contribution in [3.8, 4) is 0 Å². The molecule has 0 unspecified atom stereocenters. The molecule has 2 atom stereocenters. The summed E-state index contributed by atoms with van der Waals surface area (Å²) in [6.07, 6.45) is -0.302. The molecule has 8 heteroatoms. The molecule has 3 N–H and O–H groups in total. The number of nitrogens with zero attached hydrogens (tertiary/aromatic N) is 1. The summed E-state index contributed by atoms with van der Waals surface area (Å²) in [6.45, 7) is 4.96. The topological polar surface area (TPSA) is 122 Å². The van der Waals surface area contributed by atoms with Crippen molar-refractivity contribution in [3.05, 3.63) is 18.4 Å². The number of alkyl carbamates (subject to hydrolysis) is 1. The van der Waals surface area contributed by atoms with Crippen LogP contribution in [0.2, 0.25) is 0 Å². The number of carboxylic acids is 1. The van der Waals surface area contributed by atoms with Crippen LogP contribution in [0.15, 0.2) is 16.9 Å². The number of carboxylic acid groups (broad SMARTS) is 1. The summed E-state index contributed by atoms with van der Waals surface area (Å²) in [5, 5.41) is 20.5. The molecule has 1 amide bonds. The third-order valence-corrected chi connectivity index (χ3v) is 1.96. The third kappa shape index (κ3) is 4.59. The second-order valence-electron chi connectivity index (χ2n) is 4.78. The highest BCUT2D eigenvalue weighted by Crippen LogP contribution is 2.17. The fourth-order valence-corrected chi connectivity index (χ4v) is 1.24. The lowest BCUT2D eigenvalue weighted by molar-refractivity contribution is -0.148. The van der Waals surface area contributed by atoms with E-state index < -0.39 is 29.8 Å². The van der Waals surface area contributed by atoms with Gasteiger partial charge in [0, 0.05) is 0 Å². The number of carbonyl (C=O) groups is 2. The van der Waals surface area contributed by atoms with Gasteiger partial charge in [0.1, 0.15) is 17.9 Å². The number of oxazole rings is 1. The average Bonchev–Trinajstić information content (AvgIpc) is 2.75. The van der Waals surface area contributed by atoms with Crippen LogP contribution in [-0.2, 0) is 9.53 Å². The van der Waals surface area contributed by atoms with E-state index in [1.807, 2.05) is 0 Å². The summed E-state index contributed by atoms with van der Waals surface area (Å²) in [5.74, 6) is -1.64. The minimum atomic E-state index is -1.90. The molecule has 0 bridgehead atoms. The van der Waals surface area contributed by atoms with Crippen molar-refractivity contribution in [2.75, 3.05) is 0 Å². The van der Waals surface area contributed by atoms with Crippen LogP contribution < -0.4 is 5.32 Å². The van der Waals surface area contributed by atoms with E-state index in [9.17, 15) is 14.7 Å². The zero-order valence-corrected chi connectivity index (χ0v) is 10.8. The van der Waals surface area contributed by atoms with Crippen LogP contribution in [0.1, 0.15) is 32.7 Å². The van der Waals surface area contributed by atoms with Crippen LogP contribution in [0, 0.1) is 0 Å². The Morgan fingerprint density at radius 1 is 1.47 bits per heavy atom. The minimum Gasteiger partial charge on any atom is -0.479 e. The highest BCUT2D eigenvalue weighted by molar-refractivity contribution is 5.75. The first-order valence-electron chi connectivity index (χ1n) is 5.50. The Balaban J connectivity index is 2.82. The Bertz CT molecular complexity index is 437. The molecule has 0 aliphatic carbocycles. The van der Waals surface area contributed by atoms with E-state index in [2.05, 4.69) is 10.3 Å². The van der Waals surface area contributed by atoms with Crippen LogP contribution in [0.4, 0.5) is 4.79 Å². The van der Waals surface area contributed by atoms with E-state index in [1.165, 1.54) is 12.5 Å². The van der Waals surface area contributed by atoms with Gasteiger partial charge in [-0.1, -0.05) is 0 Å². The first-order valence-corrected chi connectivity index (χ1v) is 5.50. The van der Waals surface area contributed by atoms with E-state index in [0.717, 1.165) is 0 Å². The van der Waals surface area contributed by atoms with Gasteiger partial charge in [-0.2, -0.15) is 0 Å². The molecule has 0 aromatic carbocycles. The van der Waals surface area contributed by atoms with Gasteiger partial charge in [-0.05, 0) is 20.8 Å². The van der Waals surface area contributed by atoms with Gasteiger partial charge in [0.15, 0.2) is 6.10 Å². The zero-order chi connectivity index (χ0) is 14.6. The van der Waals surface area contributed by atoms with Gasteiger partial charge in [-0.25, -0.2) is 14.6 Å². The maximum Gasteiger partial charge on any atom is 0.408 e. The summed E-state index contributed by atoms with van der Waals surface area (Å²) < 4.78 is 9.87. The van der Waals surface area contributed by atoms with Crippen molar-refractivity contribution in [1.82, 2.24) is 10.3 Å². The number of nitrogens with one attached hydrogen (secondary N) is 1. The number of aromatic nitrogens is 1. The van der Waals surface area contributed by atoms with Crippen LogP contribution >= 0.6 is 0 Å². The second-order valence-corrected chi connectivity index (χ2v) is 4.78. The van der Waals surface area contributed by atoms with Crippen molar-refractivity contribution in [1.29, 1.82) is 0 Å². The van der Waals surface area contributed by atoms with Gasteiger partial charge in [0.05, 0.1) is 6.20 Å². The first-order chi connectivity index (χ1) is 8.70. The Labute approximate surface area is 109 Å². The van der Waals surface area contributed by atoms with Crippen LogP contribution in [0.25, 0.3) is 0 Å². The van der Waals surface area contributed by atoms with Gasteiger partial charge >= 0.3 is 12.1 Å². The lowest BCUT2D eigenvalue weighted by Gasteiger charge is -2.23. The number of aliphatic hydroxyl groups is 1. The van der Waals surface area contributed by atoms with Crippen molar-refractivity contribution >= 4 is 12.1 Å². The second kappa shape index (κ2) is 5.70. The third-order valence-electron chi connectivity index (χ3n) is 1.96. The fraction of sp³-hybridized carbons (Fsp3) is 0.545. The first kappa shape index (κ1) is 15.0. The quantitative estimate of drug-likeness (QED) is 0.736. The fourth-order valence-electron chi connectivity index (χ4n) is 1.24. The van der Waals surface area contributed by atoms with Crippen molar-refractivity contribution in [3.63, 3.8) is 0 Å². The molecular formula is C11H16N2O6. The van der Waals surface area contributed by atoms with Crippen molar-refractivity contribution in [2.45, 2.75) is 38.5 Å². The van der Waals surface area contributed by atoms with Crippen molar-refractivity contribution in [2.24, 2.45) is 0 Å². The molecule has 0 fully saturated rings. The Kier molecular flexibility index (Phi) is 4.49. The summed E-state index contributed by atoms with van der Waals surface area (Å²) >= 11 is 0. The highest BCUT2D eigenvalue weighted by Gasteiger charge is 2.33.